The summed E-state index contributed by atoms with van der Waals surface area (Å²) in [5.74, 6) is 3.05. The average Bonchev–Trinajstić information content (AvgIpc) is 3.71. The van der Waals surface area contributed by atoms with Crippen molar-refractivity contribution in [3.05, 3.63) is 0 Å². The topological polar surface area (TPSA) is 177 Å². The summed E-state index contributed by atoms with van der Waals surface area (Å²) in [5.41, 5.74) is 0. The smallest absolute Gasteiger partial charge is 0.0629 e. The standard InChI is InChI=1S/C32H56N8O4/c41-13-1-5-17-21(9-13)29-33-25(17)37-30-22-10-14(42)2-6-18(22)27(34-30)39-32-24-12-16(44)4-8-20(24)28(36-32)40-31-23-11-15(43)3-7-19(23)26(35-31)38-29/h13-44H,1-12H2. The van der Waals surface area contributed by atoms with Crippen molar-refractivity contribution >= 4 is 0 Å². The lowest BCUT2D eigenvalue weighted by Gasteiger charge is -2.37. The summed E-state index contributed by atoms with van der Waals surface area (Å²) < 4.78 is 0. The van der Waals surface area contributed by atoms with Crippen LogP contribution in [0.4, 0.5) is 0 Å². The molecule has 12 heteroatoms. The van der Waals surface area contributed by atoms with Crippen LogP contribution in [0.1, 0.15) is 77.0 Å². The molecule has 0 aromatic rings. The lowest BCUT2D eigenvalue weighted by molar-refractivity contribution is 0.0470. The molecule has 12 unspecified atom stereocenters. The van der Waals surface area contributed by atoms with Crippen molar-refractivity contribution < 1.29 is 20.4 Å². The first-order valence-corrected chi connectivity index (χ1v) is 18.2. The summed E-state index contributed by atoms with van der Waals surface area (Å²) in [7, 11) is 0. The van der Waals surface area contributed by atoms with E-state index in [9.17, 15) is 20.4 Å². The molecule has 9 rings (SSSR count). The van der Waals surface area contributed by atoms with Gasteiger partial charge in [-0.2, -0.15) is 0 Å². The minimum Gasteiger partial charge on any atom is -0.393 e. The van der Waals surface area contributed by atoms with Crippen molar-refractivity contribution in [1.82, 2.24) is 42.5 Å². The van der Waals surface area contributed by atoms with Gasteiger partial charge in [0.1, 0.15) is 0 Å². The van der Waals surface area contributed by atoms with Gasteiger partial charge in [0, 0.05) is 0 Å². The monoisotopic (exact) mass is 616 g/mol. The zero-order valence-electron chi connectivity index (χ0n) is 25.8. The molecule has 12 nitrogen and oxygen atoms in total. The predicted molar refractivity (Wildman–Crippen MR) is 163 cm³/mol. The van der Waals surface area contributed by atoms with E-state index in [2.05, 4.69) is 42.5 Å². The molecule has 5 aliphatic heterocycles. The highest BCUT2D eigenvalue weighted by atomic mass is 16.3. The molecular weight excluding hydrogens is 560 g/mol. The van der Waals surface area contributed by atoms with Crippen molar-refractivity contribution in [2.24, 2.45) is 47.3 Å². The van der Waals surface area contributed by atoms with Gasteiger partial charge in [0.25, 0.3) is 0 Å². The lowest BCUT2D eigenvalue weighted by Crippen LogP contribution is -2.61. The molecule has 0 spiro atoms. The first kappa shape index (κ1) is 29.6. The number of rotatable bonds is 0. The maximum atomic E-state index is 10.8. The Labute approximate surface area is 261 Å². The van der Waals surface area contributed by atoms with E-state index in [-0.39, 0.29) is 73.7 Å². The van der Waals surface area contributed by atoms with Gasteiger partial charge in [0.05, 0.1) is 73.7 Å². The third kappa shape index (κ3) is 5.11. The van der Waals surface area contributed by atoms with E-state index in [1.807, 2.05) is 0 Å². The fraction of sp³-hybridized carbons (Fsp3) is 1.00. The van der Waals surface area contributed by atoms with Crippen LogP contribution in [0.5, 0.6) is 0 Å². The number of nitrogens with one attached hydrogen (secondary N) is 8. The van der Waals surface area contributed by atoms with Crippen LogP contribution in [0.2, 0.25) is 0 Å². The number of aliphatic hydroxyl groups is 4. The summed E-state index contributed by atoms with van der Waals surface area (Å²) in [6, 6.07) is 0. The van der Waals surface area contributed by atoms with E-state index in [1.165, 1.54) is 0 Å². The van der Waals surface area contributed by atoms with Crippen LogP contribution >= 0.6 is 0 Å². The lowest BCUT2D eigenvalue weighted by atomic mass is 9.75. The summed E-state index contributed by atoms with van der Waals surface area (Å²) in [5, 5.41) is 75.1. The first-order chi connectivity index (χ1) is 21.4. The number of fused-ring (bicyclic) bond motifs is 20. The van der Waals surface area contributed by atoms with Gasteiger partial charge in [-0.25, -0.2) is 0 Å². The Morgan fingerprint density at radius 1 is 0.250 bits per heavy atom. The van der Waals surface area contributed by atoms with Crippen molar-refractivity contribution in [2.45, 2.75) is 151 Å². The van der Waals surface area contributed by atoms with Gasteiger partial charge in [-0.1, -0.05) is 0 Å². The maximum Gasteiger partial charge on any atom is 0.0629 e. The summed E-state index contributed by atoms with van der Waals surface area (Å²) in [6.07, 6.45) is 10.5. The quantitative estimate of drug-likeness (QED) is 0.152. The minimum absolute atomic E-state index is 0.0883. The van der Waals surface area contributed by atoms with Crippen LogP contribution in [-0.4, -0.2) is 94.2 Å². The van der Waals surface area contributed by atoms with Crippen LogP contribution in [-0.2, 0) is 0 Å². The fourth-order valence-electron chi connectivity index (χ4n) is 11.9. The third-order valence-electron chi connectivity index (χ3n) is 14.0. The van der Waals surface area contributed by atoms with Crippen molar-refractivity contribution in [3.63, 3.8) is 0 Å². The Balaban J connectivity index is 1.06. The summed E-state index contributed by atoms with van der Waals surface area (Å²) in [6.45, 7) is 0. The van der Waals surface area contributed by atoms with Crippen LogP contribution in [0.15, 0.2) is 0 Å². The molecule has 44 heavy (non-hydrogen) atoms. The van der Waals surface area contributed by atoms with Gasteiger partial charge in [0.2, 0.25) is 0 Å². The molecule has 9 aliphatic rings. The molecule has 4 aliphatic carbocycles. The van der Waals surface area contributed by atoms with Crippen LogP contribution in [0.25, 0.3) is 0 Å². The molecule has 0 radical (unpaired) electrons. The number of hydrogen-bond donors (Lipinski definition) is 12. The molecule has 12 atom stereocenters. The SMILES string of the molecule is OC1CCC2C3NC(NC4NC(NC5NC(NC6NC(N3)C3CC(O)CCC63)C3CC(O)CCC53)C3CC(O)CCC43)C2C1. The molecule has 5 heterocycles. The first-order valence-electron chi connectivity index (χ1n) is 18.2. The van der Waals surface area contributed by atoms with Gasteiger partial charge in [-0.05, 0) is 124 Å². The van der Waals surface area contributed by atoms with Gasteiger partial charge in [-0.3, -0.25) is 42.5 Å². The highest BCUT2D eigenvalue weighted by Crippen LogP contribution is 2.45. The second kappa shape index (κ2) is 11.6. The Bertz CT molecular complexity index is 900. The molecule has 0 aromatic carbocycles. The highest BCUT2D eigenvalue weighted by Gasteiger charge is 2.55. The molecule has 12 N–H and O–H groups in total. The van der Waals surface area contributed by atoms with E-state index in [1.54, 1.807) is 0 Å². The van der Waals surface area contributed by atoms with Crippen LogP contribution in [0.3, 0.4) is 0 Å². The zero-order valence-corrected chi connectivity index (χ0v) is 25.8. The Hall–Kier alpha value is -0.480. The fourth-order valence-corrected chi connectivity index (χ4v) is 11.9. The Kier molecular flexibility index (Phi) is 7.81. The largest absolute Gasteiger partial charge is 0.393 e. The molecule has 5 saturated heterocycles. The van der Waals surface area contributed by atoms with Gasteiger partial charge < -0.3 is 20.4 Å². The summed E-state index contributed by atoms with van der Waals surface area (Å²) in [4.78, 5) is 0. The molecule has 0 aromatic heterocycles. The second-order valence-corrected chi connectivity index (χ2v) is 16.3. The van der Waals surface area contributed by atoms with E-state index in [0.717, 1.165) is 77.0 Å². The van der Waals surface area contributed by atoms with Crippen LogP contribution in [0, 0.1) is 47.3 Å². The van der Waals surface area contributed by atoms with E-state index < -0.39 is 0 Å². The third-order valence-corrected chi connectivity index (χ3v) is 14.0. The second-order valence-electron chi connectivity index (χ2n) is 16.3. The Morgan fingerprint density at radius 3 is 0.636 bits per heavy atom. The van der Waals surface area contributed by atoms with Gasteiger partial charge >= 0.3 is 0 Å². The van der Waals surface area contributed by atoms with Gasteiger partial charge in [-0.15, -0.1) is 0 Å². The predicted octanol–water partition coefficient (Wildman–Crippen LogP) is -1.51. The number of hydrogen-bond acceptors (Lipinski definition) is 12. The molecular formula is C32H56N8O4. The van der Waals surface area contributed by atoms with E-state index >= 15 is 0 Å². The van der Waals surface area contributed by atoms with Gasteiger partial charge in [0.15, 0.2) is 0 Å². The molecule has 0 amide bonds. The maximum absolute atomic E-state index is 10.8. The minimum atomic E-state index is -0.252. The van der Waals surface area contributed by atoms with Crippen LogP contribution < -0.4 is 42.5 Å². The molecule has 4 saturated carbocycles. The molecule has 248 valence electrons. The van der Waals surface area contributed by atoms with E-state index in [0.29, 0.717) is 47.3 Å². The Morgan fingerprint density at radius 2 is 0.432 bits per heavy atom. The molecule has 8 bridgehead atoms. The van der Waals surface area contributed by atoms with Crippen molar-refractivity contribution in [3.8, 4) is 0 Å². The zero-order chi connectivity index (χ0) is 29.7. The van der Waals surface area contributed by atoms with Crippen molar-refractivity contribution in [2.75, 3.05) is 0 Å². The average molecular weight is 617 g/mol. The molecule has 9 fully saturated rings. The highest BCUT2D eigenvalue weighted by molar-refractivity contribution is 5.09. The number of aliphatic hydroxyl groups excluding tert-OH is 4. The van der Waals surface area contributed by atoms with E-state index in [4.69, 9.17) is 0 Å². The normalized spacial score (nSPS) is 60.3. The summed E-state index contributed by atoms with van der Waals surface area (Å²) >= 11 is 0. The van der Waals surface area contributed by atoms with Crippen molar-refractivity contribution in [1.29, 1.82) is 0 Å².